The molecule has 1 aliphatic carbocycles. The van der Waals surface area contributed by atoms with Crippen molar-refractivity contribution in [1.29, 1.82) is 0 Å². The van der Waals surface area contributed by atoms with Crippen LogP contribution >= 0.6 is 0 Å². The van der Waals surface area contributed by atoms with E-state index in [1.807, 2.05) is 6.07 Å². The molecule has 0 heterocycles. The van der Waals surface area contributed by atoms with Crippen molar-refractivity contribution < 1.29 is 14.3 Å². The summed E-state index contributed by atoms with van der Waals surface area (Å²) in [4.78, 5) is 11.6. The van der Waals surface area contributed by atoms with Gasteiger partial charge in [0.05, 0.1) is 6.10 Å². The summed E-state index contributed by atoms with van der Waals surface area (Å²) < 4.78 is 13.0. The summed E-state index contributed by atoms with van der Waals surface area (Å²) in [6.07, 6.45) is 4.06. The Hall–Kier alpha value is -1.62. The van der Waals surface area contributed by atoms with E-state index in [4.69, 9.17) is 0 Å². The van der Waals surface area contributed by atoms with Crippen LogP contribution in [0, 0.1) is 11.7 Å². The zero-order valence-corrected chi connectivity index (χ0v) is 12.1. The van der Waals surface area contributed by atoms with E-state index in [0.29, 0.717) is 13.1 Å². The van der Waals surface area contributed by atoms with Crippen molar-refractivity contribution in [1.82, 2.24) is 10.6 Å². The molecular formula is C16H23FN2O2. The van der Waals surface area contributed by atoms with Crippen molar-refractivity contribution >= 4 is 6.03 Å². The maximum Gasteiger partial charge on any atom is 0.314 e. The zero-order chi connectivity index (χ0) is 15.1. The minimum Gasteiger partial charge on any atom is -0.393 e. The lowest BCUT2D eigenvalue weighted by atomic mass is 10.1. The minimum atomic E-state index is -0.279. The fourth-order valence-electron chi connectivity index (χ4n) is 2.73. The van der Waals surface area contributed by atoms with Crippen molar-refractivity contribution in [2.45, 2.75) is 38.2 Å². The van der Waals surface area contributed by atoms with Crippen LogP contribution in [0.5, 0.6) is 0 Å². The second-order valence-corrected chi connectivity index (χ2v) is 5.63. The topological polar surface area (TPSA) is 61.4 Å². The van der Waals surface area contributed by atoms with E-state index < -0.39 is 0 Å². The van der Waals surface area contributed by atoms with E-state index in [1.54, 1.807) is 6.07 Å². The molecular weight excluding hydrogens is 271 g/mol. The van der Waals surface area contributed by atoms with Gasteiger partial charge in [0.15, 0.2) is 0 Å². The van der Waals surface area contributed by atoms with Gasteiger partial charge in [-0.05, 0) is 43.4 Å². The van der Waals surface area contributed by atoms with Crippen molar-refractivity contribution in [2.75, 3.05) is 13.1 Å². The third kappa shape index (κ3) is 5.34. The van der Waals surface area contributed by atoms with E-state index in [2.05, 4.69) is 10.6 Å². The van der Waals surface area contributed by atoms with Crippen molar-refractivity contribution in [3.05, 3.63) is 35.6 Å². The number of amides is 2. The van der Waals surface area contributed by atoms with Crippen LogP contribution in [0.15, 0.2) is 24.3 Å². The molecule has 1 aromatic carbocycles. The van der Waals surface area contributed by atoms with Crippen LogP contribution in [0.25, 0.3) is 0 Å². The number of nitrogens with one attached hydrogen (secondary N) is 2. The summed E-state index contributed by atoms with van der Waals surface area (Å²) in [6.45, 7) is 1.08. The lowest BCUT2D eigenvalue weighted by Crippen LogP contribution is -2.40. The molecule has 2 rings (SSSR count). The molecule has 1 aliphatic rings. The van der Waals surface area contributed by atoms with Gasteiger partial charge in [0, 0.05) is 19.0 Å². The summed E-state index contributed by atoms with van der Waals surface area (Å²) in [5.74, 6) is -0.0450. The number of hydrogen-bond donors (Lipinski definition) is 3. The largest absolute Gasteiger partial charge is 0.393 e. The summed E-state index contributed by atoms with van der Waals surface area (Å²) in [5, 5.41) is 15.2. The van der Waals surface area contributed by atoms with Gasteiger partial charge < -0.3 is 15.7 Å². The Bertz CT molecular complexity index is 467. The number of urea groups is 1. The molecule has 2 unspecified atom stereocenters. The van der Waals surface area contributed by atoms with E-state index >= 15 is 0 Å². The summed E-state index contributed by atoms with van der Waals surface area (Å²) >= 11 is 0. The second-order valence-electron chi connectivity index (χ2n) is 5.63. The number of aliphatic hydroxyl groups is 1. The molecule has 2 amide bonds. The summed E-state index contributed by atoms with van der Waals surface area (Å²) in [5.41, 5.74) is 0.936. The highest BCUT2D eigenvalue weighted by Crippen LogP contribution is 2.24. The normalized spacial score (nSPS) is 21.2. The molecule has 0 spiro atoms. The van der Waals surface area contributed by atoms with Crippen LogP contribution in [0.2, 0.25) is 0 Å². The van der Waals surface area contributed by atoms with Crippen LogP contribution in [0.3, 0.4) is 0 Å². The number of hydrogen-bond acceptors (Lipinski definition) is 2. The second kappa shape index (κ2) is 7.98. The fourth-order valence-corrected chi connectivity index (χ4v) is 2.73. The van der Waals surface area contributed by atoms with Gasteiger partial charge in [0.25, 0.3) is 0 Å². The van der Waals surface area contributed by atoms with E-state index in [-0.39, 0.29) is 23.9 Å². The Morgan fingerprint density at radius 2 is 2.19 bits per heavy atom. The number of aryl methyl sites for hydroxylation is 1. The Kier molecular flexibility index (Phi) is 5.99. The van der Waals surface area contributed by atoms with E-state index in [1.165, 1.54) is 12.1 Å². The molecule has 1 aromatic rings. The molecule has 3 N–H and O–H groups in total. The molecule has 4 nitrogen and oxygen atoms in total. The Morgan fingerprint density at radius 3 is 2.90 bits per heavy atom. The molecule has 5 heteroatoms. The molecule has 21 heavy (non-hydrogen) atoms. The fraction of sp³-hybridized carbons (Fsp3) is 0.562. The first-order valence-electron chi connectivity index (χ1n) is 7.59. The van der Waals surface area contributed by atoms with Gasteiger partial charge in [-0.25, -0.2) is 9.18 Å². The number of rotatable bonds is 6. The molecule has 0 saturated heterocycles. The van der Waals surface area contributed by atoms with Crippen LogP contribution in [-0.2, 0) is 6.42 Å². The molecule has 0 radical (unpaired) electrons. The molecule has 0 aliphatic heterocycles. The molecule has 1 saturated carbocycles. The molecule has 0 aromatic heterocycles. The average molecular weight is 294 g/mol. The SMILES string of the molecule is O=C(NCCCc1cccc(F)c1)NCC1CCCC1O. The van der Waals surface area contributed by atoms with Gasteiger partial charge in [-0.15, -0.1) is 0 Å². The van der Waals surface area contributed by atoms with Gasteiger partial charge in [-0.1, -0.05) is 18.6 Å². The maximum atomic E-state index is 13.0. The van der Waals surface area contributed by atoms with Crippen LogP contribution < -0.4 is 10.6 Å². The zero-order valence-electron chi connectivity index (χ0n) is 12.1. The molecule has 2 atom stereocenters. The molecule has 1 fully saturated rings. The smallest absolute Gasteiger partial charge is 0.314 e. The Labute approximate surface area is 124 Å². The first-order chi connectivity index (χ1) is 10.1. The predicted octanol–water partition coefficient (Wildman–Crippen LogP) is 2.22. The van der Waals surface area contributed by atoms with Crippen molar-refractivity contribution in [3.8, 4) is 0 Å². The first-order valence-corrected chi connectivity index (χ1v) is 7.59. The quantitative estimate of drug-likeness (QED) is 0.705. The standard InChI is InChI=1S/C16H23FN2O2/c17-14-7-1-4-12(10-14)5-3-9-18-16(21)19-11-13-6-2-8-15(13)20/h1,4,7,10,13,15,20H,2-3,5-6,8-9,11H2,(H2,18,19,21). The lowest BCUT2D eigenvalue weighted by molar-refractivity contribution is 0.132. The van der Waals surface area contributed by atoms with Gasteiger partial charge in [-0.3, -0.25) is 0 Å². The van der Waals surface area contributed by atoms with Gasteiger partial charge in [-0.2, -0.15) is 0 Å². The van der Waals surface area contributed by atoms with Gasteiger partial charge in [0.2, 0.25) is 0 Å². The van der Waals surface area contributed by atoms with E-state index in [9.17, 15) is 14.3 Å². The van der Waals surface area contributed by atoms with Crippen LogP contribution in [0.1, 0.15) is 31.2 Å². The minimum absolute atomic E-state index is 0.183. The van der Waals surface area contributed by atoms with Crippen molar-refractivity contribution in [2.24, 2.45) is 5.92 Å². The van der Waals surface area contributed by atoms with E-state index in [0.717, 1.165) is 37.7 Å². The number of carbonyl (C=O) groups excluding carboxylic acids is 1. The highest BCUT2D eigenvalue weighted by molar-refractivity contribution is 5.73. The number of aliphatic hydroxyl groups excluding tert-OH is 1. The summed E-state index contributed by atoms with van der Waals surface area (Å²) in [7, 11) is 0. The lowest BCUT2D eigenvalue weighted by Gasteiger charge is -2.15. The van der Waals surface area contributed by atoms with Gasteiger partial charge >= 0.3 is 6.03 Å². The third-order valence-electron chi connectivity index (χ3n) is 3.96. The highest BCUT2D eigenvalue weighted by atomic mass is 19.1. The predicted molar refractivity (Wildman–Crippen MR) is 79.5 cm³/mol. The number of benzene rings is 1. The van der Waals surface area contributed by atoms with Crippen LogP contribution in [-0.4, -0.2) is 30.3 Å². The molecule has 0 bridgehead atoms. The van der Waals surface area contributed by atoms with Crippen molar-refractivity contribution in [3.63, 3.8) is 0 Å². The summed E-state index contributed by atoms with van der Waals surface area (Å²) in [6, 6.07) is 6.31. The Morgan fingerprint density at radius 1 is 1.33 bits per heavy atom. The number of carbonyl (C=O) groups is 1. The van der Waals surface area contributed by atoms with Gasteiger partial charge in [0.1, 0.15) is 5.82 Å². The monoisotopic (exact) mass is 294 g/mol. The van der Waals surface area contributed by atoms with Crippen LogP contribution in [0.4, 0.5) is 9.18 Å². The average Bonchev–Trinajstić information content (AvgIpc) is 2.87. The first kappa shape index (κ1) is 15.8. The number of halogens is 1. The third-order valence-corrected chi connectivity index (χ3v) is 3.96. The highest BCUT2D eigenvalue weighted by Gasteiger charge is 2.25. The Balaban J connectivity index is 1.57. The molecule has 116 valence electrons. The maximum absolute atomic E-state index is 13.0.